The lowest BCUT2D eigenvalue weighted by Gasteiger charge is -2.20. The van der Waals surface area contributed by atoms with E-state index in [-0.39, 0.29) is 18.9 Å². The number of unbranched alkanes of at least 4 members (excludes halogenated alkanes) is 1. The zero-order valence-corrected chi connectivity index (χ0v) is 13.7. The first-order chi connectivity index (χ1) is 10.8. The van der Waals surface area contributed by atoms with Crippen molar-refractivity contribution in [1.82, 2.24) is 10.6 Å². The fourth-order valence-electron chi connectivity index (χ4n) is 2.03. The van der Waals surface area contributed by atoms with Gasteiger partial charge in [-0.3, -0.25) is 14.9 Å². The SMILES string of the molecule is CCCCOC(=O)N[C@@H](CC(C)C)C(=O)OC1CC(=O)NC1=O. The quantitative estimate of drug-likeness (QED) is 0.389. The van der Waals surface area contributed by atoms with E-state index in [1.165, 1.54) is 0 Å². The Kier molecular flexibility index (Phi) is 7.50. The Hall–Kier alpha value is -2.12. The zero-order chi connectivity index (χ0) is 17.4. The van der Waals surface area contributed by atoms with Crippen LogP contribution in [-0.2, 0) is 23.9 Å². The van der Waals surface area contributed by atoms with Crippen molar-refractivity contribution in [3.05, 3.63) is 0 Å². The van der Waals surface area contributed by atoms with Gasteiger partial charge < -0.3 is 14.8 Å². The summed E-state index contributed by atoms with van der Waals surface area (Å²) < 4.78 is 10.0. The van der Waals surface area contributed by atoms with Crippen LogP contribution in [0.15, 0.2) is 0 Å². The molecule has 0 radical (unpaired) electrons. The van der Waals surface area contributed by atoms with E-state index >= 15 is 0 Å². The second-order valence-electron chi connectivity index (χ2n) is 5.86. The number of hydrogen-bond donors (Lipinski definition) is 2. The number of esters is 1. The molecule has 3 amide bonds. The van der Waals surface area contributed by atoms with E-state index in [1.807, 2.05) is 20.8 Å². The summed E-state index contributed by atoms with van der Waals surface area (Å²) in [6, 6.07) is -0.923. The van der Waals surface area contributed by atoms with E-state index in [0.717, 1.165) is 12.8 Å². The molecule has 8 heteroatoms. The minimum Gasteiger partial charge on any atom is -0.450 e. The normalized spacial score (nSPS) is 18.5. The summed E-state index contributed by atoms with van der Waals surface area (Å²) in [4.78, 5) is 46.4. The second kappa shape index (κ2) is 9.12. The Morgan fingerprint density at radius 1 is 1.35 bits per heavy atom. The van der Waals surface area contributed by atoms with E-state index in [1.54, 1.807) is 0 Å². The third-order valence-electron chi connectivity index (χ3n) is 3.20. The van der Waals surface area contributed by atoms with Crippen LogP contribution < -0.4 is 10.6 Å². The lowest BCUT2D eigenvalue weighted by Crippen LogP contribution is -2.44. The number of ether oxygens (including phenoxy) is 2. The monoisotopic (exact) mass is 328 g/mol. The molecule has 0 aromatic carbocycles. The lowest BCUT2D eigenvalue weighted by molar-refractivity contribution is -0.156. The van der Waals surface area contributed by atoms with Gasteiger partial charge in [-0.05, 0) is 18.8 Å². The molecular formula is C15H24N2O6. The van der Waals surface area contributed by atoms with Gasteiger partial charge in [-0.2, -0.15) is 0 Å². The molecule has 1 unspecified atom stereocenters. The molecule has 130 valence electrons. The highest BCUT2D eigenvalue weighted by atomic mass is 16.6. The molecule has 0 spiro atoms. The maximum Gasteiger partial charge on any atom is 0.407 e. The van der Waals surface area contributed by atoms with Crippen LogP contribution in [0.25, 0.3) is 0 Å². The standard InChI is InChI=1S/C15H24N2O6/c1-4-5-6-22-15(21)16-10(7-9(2)3)14(20)23-11-8-12(18)17-13(11)19/h9-11H,4-8H2,1-3H3,(H,16,21)(H,17,18,19)/t10-,11?/m0/s1. The van der Waals surface area contributed by atoms with Crippen molar-refractivity contribution in [2.24, 2.45) is 5.92 Å². The Morgan fingerprint density at radius 2 is 2.04 bits per heavy atom. The lowest BCUT2D eigenvalue weighted by atomic mass is 10.0. The maximum atomic E-state index is 12.2. The summed E-state index contributed by atoms with van der Waals surface area (Å²) in [7, 11) is 0. The average Bonchev–Trinajstić information content (AvgIpc) is 2.76. The Bertz CT molecular complexity index is 463. The predicted molar refractivity (Wildman–Crippen MR) is 80.3 cm³/mol. The first-order valence-electron chi connectivity index (χ1n) is 7.81. The number of nitrogens with one attached hydrogen (secondary N) is 2. The van der Waals surface area contributed by atoms with Crippen LogP contribution in [0.4, 0.5) is 4.79 Å². The molecule has 0 aromatic rings. The van der Waals surface area contributed by atoms with Gasteiger partial charge in [0.2, 0.25) is 5.91 Å². The van der Waals surface area contributed by atoms with Gasteiger partial charge in [0.25, 0.3) is 5.91 Å². The largest absolute Gasteiger partial charge is 0.450 e. The molecule has 0 bridgehead atoms. The molecule has 1 aliphatic rings. The molecule has 2 N–H and O–H groups in total. The fourth-order valence-corrected chi connectivity index (χ4v) is 2.03. The Balaban J connectivity index is 2.58. The molecule has 1 aliphatic heterocycles. The number of rotatable bonds is 8. The first kappa shape index (κ1) is 18.9. The summed E-state index contributed by atoms with van der Waals surface area (Å²) in [6.45, 7) is 6.01. The Morgan fingerprint density at radius 3 is 2.57 bits per heavy atom. The fraction of sp³-hybridized carbons (Fsp3) is 0.733. The number of alkyl carbamates (subject to hydrolysis) is 1. The minimum atomic E-state index is -1.14. The van der Waals surface area contributed by atoms with Gasteiger partial charge in [-0.1, -0.05) is 27.2 Å². The summed E-state index contributed by atoms with van der Waals surface area (Å²) >= 11 is 0. The van der Waals surface area contributed by atoms with Crippen molar-refractivity contribution in [3.63, 3.8) is 0 Å². The van der Waals surface area contributed by atoms with Crippen molar-refractivity contribution >= 4 is 23.9 Å². The molecule has 23 heavy (non-hydrogen) atoms. The third kappa shape index (κ3) is 6.66. The van der Waals surface area contributed by atoms with Crippen LogP contribution in [0.5, 0.6) is 0 Å². The van der Waals surface area contributed by atoms with E-state index < -0.39 is 36.0 Å². The summed E-state index contributed by atoms with van der Waals surface area (Å²) in [5.74, 6) is -1.76. The third-order valence-corrected chi connectivity index (χ3v) is 3.20. The van der Waals surface area contributed by atoms with Crippen LogP contribution in [0.3, 0.4) is 0 Å². The van der Waals surface area contributed by atoms with Gasteiger partial charge in [-0.25, -0.2) is 9.59 Å². The van der Waals surface area contributed by atoms with Crippen LogP contribution in [-0.4, -0.2) is 42.6 Å². The average molecular weight is 328 g/mol. The van der Waals surface area contributed by atoms with Gasteiger partial charge >= 0.3 is 12.1 Å². The molecule has 8 nitrogen and oxygen atoms in total. The highest BCUT2D eigenvalue weighted by Crippen LogP contribution is 2.12. The number of amides is 3. The zero-order valence-electron chi connectivity index (χ0n) is 13.7. The molecule has 1 rings (SSSR count). The van der Waals surface area contributed by atoms with Crippen LogP contribution >= 0.6 is 0 Å². The maximum absolute atomic E-state index is 12.2. The molecule has 1 fully saturated rings. The van der Waals surface area contributed by atoms with Crippen LogP contribution in [0.1, 0.15) is 46.5 Å². The highest BCUT2D eigenvalue weighted by Gasteiger charge is 2.36. The first-order valence-corrected chi connectivity index (χ1v) is 7.81. The molecule has 1 saturated heterocycles. The summed E-state index contributed by atoms with van der Waals surface area (Å²) in [5, 5.41) is 4.51. The summed E-state index contributed by atoms with van der Waals surface area (Å²) in [5.41, 5.74) is 0. The molecule has 0 aromatic heterocycles. The van der Waals surface area contributed by atoms with Crippen LogP contribution in [0, 0.1) is 5.92 Å². The number of hydrogen-bond acceptors (Lipinski definition) is 6. The van der Waals surface area contributed by atoms with Crippen molar-refractivity contribution in [1.29, 1.82) is 0 Å². The van der Waals surface area contributed by atoms with Gasteiger partial charge in [0.15, 0.2) is 6.10 Å². The van der Waals surface area contributed by atoms with Gasteiger partial charge in [-0.15, -0.1) is 0 Å². The topological polar surface area (TPSA) is 111 Å². The number of carbonyl (C=O) groups is 4. The van der Waals surface area contributed by atoms with Crippen molar-refractivity contribution < 1.29 is 28.7 Å². The van der Waals surface area contributed by atoms with E-state index in [0.29, 0.717) is 6.42 Å². The predicted octanol–water partition coefficient (Wildman–Crippen LogP) is 0.886. The molecule has 0 aliphatic carbocycles. The highest BCUT2D eigenvalue weighted by molar-refractivity contribution is 6.05. The number of imide groups is 1. The number of carbonyl (C=O) groups excluding carboxylic acids is 4. The molecule has 1 heterocycles. The van der Waals surface area contributed by atoms with E-state index in [9.17, 15) is 19.2 Å². The summed E-state index contributed by atoms with van der Waals surface area (Å²) in [6.07, 6.45) is -0.0770. The molecule has 0 saturated carbocycles. The van der Waals surface area contributed by atoms with Gasteiger partial charge in [0, 0.05) is 0 Å². The van der Waals surface area contributed by atoms with Crippen molar-refractivity contribution in [2.45, 2.75) is 58.6 Å². The Labute approximate surface area is 135 Å². The van der Waals surface area contributed by atoms with Gasteiger partial charge in [0.1, 0.15) is 6.04 Å². The molecule has 2 atom stereocenters. The smallest absolute Gasteiger partial charge is 0.407 e. The second-order valence-corrected chi connectivity index (χ2v) is 5.86. The van der Waals surface area contributed by atoms with Crippen LogP contribution in [0.2, 0.25) is 0 Å². The van der Waals surface area contributed by atoms with Gasteiger partial charge in [0.05, 0.1) is 13.0 Å². The van der Waals surface area contributed by atoms with Crippen molar-refractivity contribution in [3.8, 4) is 0 Å². The minimum absolute atomic E-state index is 0.113. The van der Waals surface area contributed by atoms with E-state index in [4.69, 9.17) is 9.47 Å². The van der Waals surface area contributed by atoms with Crippen molar-refractivity contribution in [2.75, 3.05) is 6.61 Å². The molecular weight excluding hydrogens is 304 g/mol. The van der Waals surface area contributed by atoms with E-state index in [2.05, 4.69) is 10.6 Å².